The Morgan fingerprint density at radius 3 is 1.59 bits per heavy atom. The molecule has 0 saturated heterocycles. The van der Waals surface area contributed by atoms with Crippen LogP contribution in [0, 0.1) is 0 Å². The Bertz CT molecular complexity index is 1250. The van der Waals surface area contributed by atoms with Crippen LogP contribution in [0.1, 0.15) is 81.0 Å². The third kappa shape index (κ3) is 9.44. The minimum atomic E-state index is -0.842. The Balaban J connectivity index is 0.000000230. The van der Waals surface area contributed by atoms with Crippen molar-refractivity contribution in [2.45, 2.75) is 71.7 Å². The van der Waals surface area contributed by atoms with Crippen LogP contribution in [-0.4, -0.2) is 15.1 Å². The molecule has 1 aromatic heterocycles. The molecule has 39 heavy (non-hydrogen) atoms. The van der Waals surface area contributed by atoms with Crippen LogP contribution in [0.4, 0.5) is 0 Å². The summed E-state index contributed by atoms with van der Waals surface area (Å²) < 4.78 is 5.86. The Hall–Kier alpha value is -2.76. The maximum Gasteiger partial charge on any atom is 0.115 e. The van der Waals surface area contributed by atoms with Crippen LogP contribution in [0.5, 0.6) is 0 Å². The summed E-state index contributed by atoms with van der Waals surface area (Å²) >= 11 is 11.8. The molecule has 0 fully saturated rings. The third-order valence-corrected chi connectivity index (χ3v) is 6.89. The predicted molar refractivity (Wildman–Crippen MR) is 161 cm³/mol. The van der Waals surface area contributed by atoms with Crippen molar-refractivity contribution in [2.75, 3.05) is 0 Å². The minimum absolute atomic E-state index is 0.203. The van der Waals surface area contributed by atoms with Gasteiger partial charge >= 0.3 is 0 Å². The number of nitrogens with zero attached hydrogens (tertiary/aromatic N) is 2. The van der Waals surface area contributed by atoms with Gasteiger partial charge in [-0.15, -0.1) is 0 Å². The fourth-order valence-corrected chi connectivity index (χ4v) is 4.36. The van der Waals surface area contributed by atoms with Crippen molar-refractivity contribution in [3.8, 4) is 0 Å². The summed E-state index contributed by atoms with van der Waals surface area (Å²) in [6.45, 7) is 14.7. The van der Waals surface area contributed by atoms with E-state index in [1.54, 1.807) is 30.6 Å². The van der Waals surface area contributed by atoms with E-state index < -0.39 is 6.10 Å². The Labute approximate surface area is 243 Å². The lowest BCUT2D eigenvalue weighted by Gasteiger charge is -2.19. The van der Waals surface area contributed by atoms with Crippen LogP contribution in [-0.2, 0) is 28.8 Å². The second-order valence-corrected chi connectivity index (χ2v) is 12.5. The van der Waals surface area contributed by atoms with Crippen LogP contribution >= 0.6 is 23.2 Å². The highest BCUT2D eigenvalue weighted by molar-refractivity contribution is 6.35. The number of hydrogen-bond donors (Lipinski definition) is 1. The topological polar surface area (TPSA) is 55.2 Å². The maximum atomic E-state index is 10.1. The maximum absolute atomic E-state index is 10.1. The zero-order valence-corrected chi connectivity index (χ0v) is 25.1. The quantitative estimate of drug-likeness (QED) is 0.254. The van der Waals surface area contributed by atoms with E-state index in [4.69, 9.17) is 27.9 Å². The zero-order valence-electron chi connectivity index (χ0n) is 23.6. The second-order valence-electron chi connectivity index (χ2n) is 11.6. The zero-order chi connectivity index (χ0) is 28.6. The second kappa shape index (κ2) is 13.5. The van der Waals surface area contributed by atoms with Gasteiger partial charge in [0.2, 0.25) is 0 Å². The van der Waals surface area contributed by atoms with E-state index in [1.165, 1.54) is 28.6 Å². The van der Waals surface area contributed by atoms with Gasteiger partial charge in [0.05, 0.1) is 13.2 Å². The number of aliphatic hydroxyl groups excluding tert-OH is 1. The molecule has 1 heterocycles. The van der Waals surface area contributed by atoms with E-state index >= 15 is 0 Å². The summed E-state index contributed by atoms with van der Waals surface area (Å²) in [6, 6.07) is 22.4. The smallest absolute Gasteiger partial charge is 0.115 e. The monoisotopic (exact) mass is 564 g/mol. The van der Waals surface area contributed by atoms with Gasteiger partial charge in [0, 0.05) is 33.6 Å². The lowest BCUT2D eigenvalue weighted by molar-refractivity contribution is 0.107. The molecule has 0 saturated carbocycles. The van der Waals surface area contributed by atoms with Crippen LogP contribution in [0.3, 0.4) is 0 Å². The van der Waals surface area contributed by atoms with Crippen molar-refractivity contribution in [2.24, 2.45) is 0 Å². The SMILES string of the molecule is CC(C)(C)c1ccc(COCc2ccc(C(C)(C)C)cc2)cc1.OC(c1cncnc1)c1ccc(Cl)cc1Cl. The molecule has 4 rings (SSSR count). The largest absolute Gasteiger partial charge is 0.383 e. The fraction of sp³-hybridized carbons (Fsp3) is 0.333. The minimum Gasteiger partial charge on any atom is -0.383 e. The number of ether oxygens (including phenoxy) is 1. The molecule has 0 aliphatic rings. The molecule has 1 atom stereocenters. The van der Waals surface area contributed by atoms with E-state index in [1.807, 2.05) is 0 Å². The molecule has 0 aliphatic carbocycles. The first-order valence-corrected chi connectivity index (χ1v) is 13.7. The van der Waals surface area contributed by atoms with E-state index in [9.17, 15) is 5.11 Å². The highest BCUT2D eigenvalue weighted by atomic mass is 35.5. The van der Waals surface area contributed by atoms with Gasteiger partial charge in [0.25, 0.3) is 0 Å². The fourth-order valence-electron chi connectivity index (χ4n) is 3.84. The van der Waals surface area contributed by atoms with Gasteiger partial charge in [-0.3, -0.25) is 0 Å². The highest BCUT2D eigenvalue weighted by Gasteiger charge is 2.15. The summed E-state index contributed by atoms with van der Waals surface area (Å²) in [4.78, 5) is 7.68. The number of rotatable bonds is 6. The van der Waals surface area contributed by atoms with E-state index in [0.29, 0.717) is 34.4 Å². The summed E-state index contributed by atoms with van der Waals surface area (Å²) in [6.07, 6.45) is 3.65. The number of halogens is 2. The Morgan fingerprint density at radius 2 is 1.18 bits per heavy atom. The normalized spacial score (nSPS) is 12.4. The summed E-state index contributed by atoms with van der Waals surface area (Å²) in [7, 11) is 0. The molecule has 6 heteroatoms. The van der Waals surface area contributed by atoms with Crippen molar-refractivity contribution < 1.29 is 9.84 Å². The summed E-state index contributed by atoms with van der Waals surface area (Å²) in [5.74, 6) is 0. The van der Waals surface area contributed by atoms with Crippen molar-refractivity contribution in [1.29, 1.82) is 0 Å². The highest BCUT2D eigenvalue weighted by Crippen LogP contribution is 2.29. The molecular weight excluding hydrogens is 527 g/mol. The number of aliphatic hydroxyl groups is 1. The molecule has 3 aromatic carbocycles. The van der Waals surface area contributed by atoms with Crippen LogP contribution in [0.25, 0.3) is 0 Å². The molecule has 1 N–H and O–H groups in total. The molecule has 1 unspecified atom stereocenters. The Morgan fingerprint density at radius 1 is 0.718 bits per heavy atom. The van der Waals surface area contributed by atoms with Gasteiger partial charge in [0.1, 0.15) is 12.4 Å². The van der Waals surface area contributed by atoms with Crippen molar-refractivity contribution >= 4 is 23.2 Å². The van der Waals surface area contributed by atoms with Crippen molar-refractivity contribution in [1.82, 2.24) is 9.97 Å². The van der Waals surface area contributed by atoms with Gasteiger partial charge in [-0.05, 0) is 45.2 Å². The van der Waals surface area contributed by atoms with Crippen LogP contribution < -0.4 is 0 Å². The number of hydrogen-bond acceptors (Lipinski definition) is 4. The number of aromatic nitrogens is 2. The van der Waals surface area contributed by atoms with E-state index in [-0.39, 0.29) is 10.8 Å². The first kappa shape index (κ1) is 30.8. The van der Waals surface area contributed by atoms with Gasteiger partial charge in [-0.25, -0.2) is 9.97 Å². The molecular formula is C33H38Cl2N2O2. The van der Waals surface area contributed by atoms with E-state index in [0.717, 1.165) is 0 Å². The molecule has 0 amide bonds. The molecule has 4 aromatic rings. The first-order chi connectivity index (χ1) is 18.3. The molecule has 0 aliphatic heterocycles. The van der Waals surface area contributed by atoms with Crippen molar-refractivity contribution in [3.05, 3.63) is 129 Å². The summed E-state index contributed by atoms with van der Waals surface area (Å²) in [5, 5.41) is 11.0. The van der Waals surface area contributed by atoms with Gasteiger partial charge < -0.3 is 9.84 Å². The Kier molecular flexibility index (Phi) is 10.7. The lowest BCUT2D eigenvalue weighted by atomic mass is 9.87. The molecule has 4 nitrogen and oxygen atoms in total. The standard InChI is InChI=1S/C22H30O.C11H8Cl2N2O/c1-21(2,3)19-11-7-17(8-12-19)15-23-16-18-9-13-20(14-10-18)22(4,5)6;12-8-1-2-9(10(13)3-8)11(16)7-4-14-6-15-5-7/h7-14H,15-16H2,1-6H3;1-6,11,16H. The average molecular weight is 566 g/mol. The predicted octanol–water partition coefficient (Wildman–Crippen LogP) is 8.86. The molecule has 0 spiro atoms. The molecule has 0 radical (unpaired) electrons. The first-order valence-electron chi connectivity index (χ1n) is 13.0. The third-order valence-electron chi connectivity index (χ3n) is 6.33. The van der Waals surface area contributed by atoms with Gasteiger partial charge in [0.15, 0.2) is 0 Å². The molecule has 206 valence electrons. The number of benzene rings is 3. The van der Waals surface area contributed by atoms with E-state index in [2.05, 4.69) is 100 Å². The van der Waals surface area contributed by atoms with Gasteiger partial charge in [-0.1, -0.05) is 119 Å². The van der Waals surface area contributed by atoms with Gasteiger partial charge in [-0.2, -0.15) is 0 Å². The van der Waals surface area contributed by atoms with Crippen LogP contribution in [0.15, 0.2) is 85.5 Å². The van der Waals surface area contributed by atoms with Crippen LogP contribution in [0.2, 0.25) is 10.0 Å². The summed E-state index contributed by atoms with van der Waals surface area (Å²) in [5.41, 5.74) is 6.75. The lowest BCUT2D eigenvalue weighted by Crippen LogP contribution is -2.11. The average Bonchev–Trinajstić information content (AvgIpc) is 2.89. The van der Waals surface area contributed by atoms with Crippen molar-refractivity contribution in [3.63, 3.8) is 0 Å². The molecule has 0 bridgehead atoms.